The molecular weight excluding hydrogens is 287 g/mol. The van der Waals surface area contributed by atoms with Crippen LogP contribution in [0.2, 0.25) is 5.02 Å². The lowest BCUT2D eigenvalue weighted by molar-refractivity contribution is -0.143. The molecular formula is C13H14ClFN2O3. The summed E-state index contributed by atoms with van der Waals surface area (Å²) in [6.07, 6.45) is 1.16. The molecule has 20 heavy (non-hydrogen) atoms. The molecule has 5 nitrogen and oxygen atoms in total. The maximum Gasteiger partial charge on any atom is 0.321 e. The second-order valence-electron chi connectivity index (χ2n) is 4.65. The van der Waals surface area contributed by atoms with E-state index in [0.717, 1.165) is 0 Å². The monoisotopic (exact) mass is 300 g/mol. The van der Waals surface area contributed by atoms with Crippen LogP contribution in [-0.2, 0) is 4.79 Å². The first-order valence-electron chi connectivity index (χ1n) is 6.22. The third kappa shape index (κ3) is 3.19. The first kappa shape index (κ1) is 14.6. The Kier molecular flexibility index (Phi) is 4.44. The number of urea groups is 1. The Balaban J connectivity index is 2.04. The second-order valence-corrected chi connectivity index (χ2v) is 5.06. The predicted octanol–water partition coefficient (Wildman–Crippen LogP) is 2.81. The van der Waals surface area contributed by atoms with Gasteiger partial charge >= 0.3 is 12.0 Å². The number of piperidine rings is 1. The average Bonchev–Trinajstić information content (AvgIpc) is 2.44. The summed E-state index contributed by atoms with van der Waals surface area (Å²) >= 11 is 5.63. The SMILES string of the molecule is O=C(O)[C@H]1CCCN(C(=O)Nc2cccc(Cl)c2F)C1. The zero-order valence-electron chi connectivity index (χ0n) is 10.6. The molecule has 108 valence electrons. The molecule has 0 spiro atoms. The van der Waals surface area contributed by atoms with E-state index in [1.807, 2.05) is 0 Å². The smallest absolute Gasteiger partial charge is 0.321 e. The molecule has 2 amide bonds. The van der Waals surface area contributed by atoms with E-state index in [0.29, 0.717) is 19.4 Å². The third-order valence-corrected chi connectivity index (χ3v) is 3.54. The van der Waals surface area contributed by atoms with Gasteiger partial charge in [0.2, 0.25) is 0 Å². The molecule has 1 saturated heterocycles. The van der Waals surface area contributed by atoms with Crippen LogP contribution in [0.4, 0.5) is 14.9 Å². The van der Waals surface area contributed by atoms with E-state index < -0.39 is 23.7 Å². The fraction of sp³-hybridized carbons (Fsp3) is 0.385. The number of hydrogen-bond donors (Lipinski definition) is 2. The van der Waals surface area contributed by atoms with Gasteiger partial charge in [-0.2, -0.15) is 0 Å². The van der Waals surface area contributed by atoms with Crippen molar-refractivity contribution in [3.8, 4) is 0 Å². The molecule has 0 bridgehead atoms. The lowest BCUT2D eigenvalue weighted by atomic mass is 9.99. The minimum atomic E-state index is -0.920. The molecule has 1 aromatic rings. The molecule has 0 radical (unpaired) electrons. The second kappa shape index (κ2) is 6.09. The maximum atomic E-state index is 13.7. The number of carboxylic acid groups (broad SMARTS) is 1. The number of likely N-dealkylation sites (tertiary alicyclic amines) is 1. The fourth-order valence-electron chi connectivity index (χ4n) is 2.16. The van der Waals surface area contributed by atoms with Crippen LogP contribution in [-0.4, -0.2) is 35.1 Å². The van der Waals surface area contributed by atoms with E-state index in [1.165, 1.54) is 23.1 Å². The third-order valence-electron chi connectivity index (χ3n) is 3.25. The minimum absolute atomic E-state index is 0.0139. The Morgan fingerprint density at radius 3 is 2.90 bits per heavy atom. The number of carbonyl (C=O) groups excluding carboxylic acids is 1. The fourth-order valence-corrected chi connectivity index (χ4v) is 2.33. The van der Waals surface area contributed by atoms with Gasteiger partial charge in [-0.25, -0.2) is 9.18 Å². The minimum Gasteiger partial charge on any atom is -0.481 e. The van der Waals surface area contributed by atoms with Crippen LogP contribution in [0.1, 0.15) is 12.8 Å². The van der Waals surface area contributed by atoms with Crippen LogP contribution >= 0.6 is 11.6 Å². The van der Waals surface area contributed by atoms with Gasteiger partial charge in [0.25, 0.3) is 0 Å². The number of halogens is 2. The number of amides is 2. The van der Waals surface area contributed by atoms with Crippen LogP contribution in [0.5, 0.6) is 0 Å². The molecule has 2 rings (SSSR count). The Morgan fingerprint density at radius 2 is 2.20 bits per heavy atom. The number of nitrogens with one attached hydrogen (secondary N) is 1. The number of carboxylic acids is 1. The van der Waals surface area contributed by atoms with Gasteiger partial charge in [-0.3, -0.25) is 4.79 Å². The summed E-state index contributed by atoms with van der Waals surface area (Å²) in [6.45, 7) is 0.584. The molecule has 7 heteroatoms. The van der Waals surface area contributed by atoms with Crippen molar-refractivity contribution in [3.05, 3.63) is 29.0 Å². The molecule has 1 aromatic carbocycles. The maximum absolute atomic E-state index is 13.7. The molecule has 1 aliphatic rings. The number of anilines is 1. The van der Waals surface area contributed by atoms with Gasteiger partial charge in [0, 0.05) is 13.1 Å². The van der Waals surface area contributed by atoms with Crippen molar-refractivity contribution in [1.82, 2.24) is 4.90 Å². The highest BCUT2D eigenvalue weighted by Crippen LogP contribution is 2.23. The summed E-state index contributed by atoms with van der Waals surface area (Å²) in [5, 5.41) is 11.3. The lowest BCUT2D eigenvalue weighted by Crippen LogP contribution is -2.44. The number of aliphatic carboxylic acids is 1. The van der Waals surface area contributed by atoms with Gasteiger partial charge in [0.1, 0.15) is 0 Å². The normalized spacial score (nSPS) is 18.7. The van der Waals surface area contributed by atoms with E-state index in [9.17, 15) is 14.0 Å². The average molecular weight is 301 g/mol. The van der Waals surface area contributed by atoms with Gasteiger partial charge in [-0.1, -0.05) is 17.7 Å². The quantitative estimate of drug-likeness (QED) is 0.882. The van der Waals surface area contributed by atoms with Gasteiger partial charge in [0.05, 0.1) is 16.6 Å². The molecule has 1 aliphatic heterocycles. The molecule has 0 aromatic heterocycles. The molecule has 1 atom stereocenters. The molecule has 0 aliphatic carbocycles. The van der Waals surface area contributed by atoms with Crippen molar-refractivity contribution in [3.63, 3.8) is 0 Å². The molecule has 0 saturated carbocycles. The Hall–Kier alpha value is -1.82. The van der Waals surface area contributed by atoms with Crippen LogP contribution in [0.25, 0.3) is 0 Å². The highest BCUT2D eigenvalue weighted by Gasteiger charge is 2.28. The van der Waals surface area contributed by atoms with Gasteiger partial charge in [-0.15, -0.1) is 0 Å². The summed E-state index contributed by atoms with van der Waals surface area (Å²) in [7, 11) is 0. The molecule has 2 N–H and O–H groups in total. The van der Waals surface area contributed by atoms with Crippen LogP contribution < -0.4 is 5.32 Å². The summed E-state index contributed by atoms with van der Waals surface area (Å²) in [4.78, 5) is 24.3. The summed E-state index contributed by atoms with van der Waals surface area (Å²) in [5.41, 5.74) is -0.0139. The first-order valence-corrected chi connectivity index (χ1v) is 6.59. The van der Waals surface area contributed by atoms with Crippen molar-refractivity contribution >= 4 is 29.3 Å². The van der Waals surface area contributed by atoms with Gasteiger partial charge in [-0.05, 0) is 25.0 Å². The Bertz CT molecular complexity index is 538. The van der Waals surface area contributed by atoms with Crippen molar-refractivity contribution < 1.29 is 19.1 Å². The number of benzene rings is 1. The number of rotatable bonds is 2. The molecule has 0 unspecified atom stereocenters. The van der Waals surface area contributed by atoms with Crippen LogP contribution in [0.15, 0.2) is 18.2 Å². The van der Waals surface area contributed by atoms with E-state index in [-0.39, 0.29) is 17.3 Å². The number of hydrogen-bond acceptors (Lipinski definition) is 2. The Morgan fingerprint density at radius 1 is 1.45 bits per heavy atom. The van der Waals surface area contributed by atoms with Crippen molar-refractivity contribution in [2.24, 2.45) is 5.92 Å². The zero-order valence-corrected chi connectivity index (χ0v) is 11.4. The Labute approximate surface area is 120 Å². The molecule has 1 fully saturated rings. The van der Waals surface area contributed by atoms with E-state index in [1.54, 1.807) is 0 Å². The van der Waals surface area contributed by atoms with Gasteiger partial charge in [0.15, 0.2) is 5.82 Å². The van der Waals surface area contributed by atoms with Crippen molar-refractivity contribution in [1.29, 1.82) is 0 Å². The first-order chi connectivity index (χ1) is 9.49. The standard InChI is InChI=1S/C13H14ClFN2O3/c14-9-4-1-5-10(11(9)15)16-13(20)17-6-2-3-8(7-17)12(18)19/h1,4-5,8H,2-3,6-7H2,(H,16,20)(H,18,19)/t8-/m0/s1. The van der Waals surface area contributed by atoms with Crippen LogP contribution in [0, 0.1) is 11.7 Å². The summed E-state index contributed by atoms with van der Waals surface area (Å²) in [5.74, 6) is -2.19. The van der Waals surface area contributed by atoms with E-state index in [4.69, 9.17) is 16.7 Å². The van der Waals surface area contributed by atoms with Crippen molar-refractivity contribution in [2.75, 3.05) is 18.4 Å². The predicted molar refractivity (Wildman–Crippen MR) is 72.4 cm³/mol. The van der Waals surface area contributed by atoms with Crippen molar-refractivity contribution in [2.45, 2.75) is 12.8 Å². The van der Waals surface area contributed by atoms with E-state index in [2.05, 4.69) is 5.32 Å². The lowest BCUT2D eigenvalue weighted by Gasteiger charge is -2.30. The highest BCUT2D eigenvalue weighted by atomic mass is 35.5. The summed E-state index contributed by atoms with van der Waals surface area (Å²) in [6, 6.07) is 3.79. The zero-order chi connectivity index (χ0) is 14.7. The van der Waals surface area contributed by atoms with Crippen LogP contribution in [0.3, 0.4) is 0 Å². The number of carbonyl (C=O) groups is 2. The topological polar surface area (TPSA) is 69.6 Å². The van der Waals surface area contributed by atoms with Gasteiger partial charge < -0.3 is 15.3 Å². The highest BCUT2D eigenvalue weighted by molar-refractivity contribution is 6.31. The largest absolute Gasteiger partial charge is 0.481 e. The molecule has 1 heterocycles. The number of nitrogens with zero attached hydrogens (tertiary/aromatic N) is 1. The van der Waals surface area contributed by atoms with E-state index >= 15 is 0 Å². The summed E-state index contributed by atoms with van der Waals surface area (Å²) < 4.78 is 13.7.